The van der Waals surface area contributed by atoms with E-state index in [-0.39, 0.29) is 0 Å². The van der Waals surface area contributed by atoms with Crippen LogP contribution in [0.25, 0.3) is 21.3 Å². The fourth-order valence-electron chi connectivity index (χ4n) is 4.83. The van der Waals surface area contributed by atoms with Crippen molar-refractivity contribution in [1.82, 2.24) is 14.9 Å². The van der Waals surface area contributed by atoms with E-state index in [4.69, 9.17) is 4.98 Å². The van der Waals surface area contributed by atoms with Gasteiger partial charge in [0, 0.05) is 35.0 Å². The number of aromatic nitrogens is 2. The smallest absolute Gasteiger partial charge is 0.0970 e. The monoisotopic (exact) mass is 377 g/mol. The number of likely N-dealkylation sites (tertiary alicyclic amines) is 1. The Morgan fingerprint density at radius 3 is 2.67 bits per heavy atom. The van der Waals surface area contributed by atoms with Crippen LogP contribution in [0.5, 0.6) is 0 Å². The molecular weight excluding hydrogens is 350 g/mol. The molecular formula is C23H27N3S. The summed E-state index contributed by atoms with van der Waals surface area (Å²) in [4.78, 5) is 12.3. The van der Waals surface area contributed by atoms with Crippen molar-refractivity contribution < 1.29 is 0 Å². The van der Waals surface area contributed by atoms with Crippen LogP contribution in [-0.4, -0.2) is 33.5 Å². The summed E-state index contributed by atoms with van der Waals surface area (Å²) in [6, 6.07) is 12.5. The quantitative estimate of drug-likeness (QED) is 0.586. The van der Waals surface area contributed by atoms with Gasteiger partial charge in [0.2, 0.25) is 0 Å². The molecule has 2 fully saturated rings. The average Bonchev–Trinajstić information content (AvgIpc) is 3.19. The molecule has 0 N–H and O–H groups in total. The molecule has 1 saturated carbocycles. The van der Waals surface area contributed by atoms with Crippen LogP contribution in [-0.2, 0) is 0 Å². The molecule has 0 unspecified atom stereocenters. The minimum Gasteiger partial charge on any atom is -0.298 e. The molecule has 0 bridgehead atoms. The summed E-state index contributed by atoms with van der Waals surface area (Å²) < 4.78 is 1.31. The van der Waals surface area contributed by atoms with Gasteiger partial charge in [-0.1, -0.05) is 12.1 Å². The number of rotatable bonds is 3. The van der Waals surface area contributed by atoms with Crippen LogP contribution in [0, 0.1) is 13.8 Å². The first kappa shape index (κ1) is 17.3. The fourth-order valence-corrected chi connectivity index (χ4v) is 5.97. The van der Waals surface area contributed by atoms with Gasteiger partial charge >= 0.3 is 0 Å². The third-order valence-electron chi connectivity index (χ3n) is 6.48. The van der Waals surface area contributed by atoms with Gasteiger partial charge in [-0.05, 0) is 76.8 Å². The molecule has 1 aliphatic carbocycles. The van der Waals surface area contributed by atoms with Crippen molar-refractivity contribution in [2.75, 3.05) is 6.54 Å². The zero-order valence-corrected chi connectivity index (χ0v) is 17.2. The summed E-state index contributed by atoms with van der Waals surface area (Å²) in [5, 5.41) is 1.34. The molecule has 1 atom stereocenters. The first-order valence-corrected chi connectivity index (χ1v) is 11.0. The Balaban J connectivity index is 1.37. The third-order valence-corrected chi connectivity index (χ3v) is 7.66. The van der Waals surface area contributed by atoms with E-state index in [1.807, 2.05) is 18.3 Å². The molecule has 3 nitrogen and oxygen atoms in total. The van der Waals surface area contributed by atoms with Crippen molar-refractivity contribution in [3.05, 3.63) is 46.7 Å². The summed E-state index contributed by atoms with van der Waals surface area (Å²) >= 11 is 1.89. The van der Waals surface area contributed by atoms with E-state index in [0.29, 0.717) is 5.92 Å². The van der Waals surface area contributed by atoms with Gasteiger partial charge in [0.25, 0.3) is 0 Å². The van der Waals surface area contributed by atoms with Gasteiger partial charge in [-0.2, -0.15) is 0 Å². The number of benzene rings is 1. The van der Waals surface area contributed by atoms with Crippen LogP contribution >= 0.6 is 11.3 Å². The SMILES string of the molecule is Cc1ccc(-c2ccc3nc(C4CC(N5CCC[C@@H]5C)C4)sc3c2)c(C)n1. The molecule has 1 aromatic carbocycles. The largest absolute Gasteiger partial charge is 0.298 e. The maximum absolute atomic E-state index is 4.97. The van der Waals surface area contributed by atoms with E-state index in [0.717, 1.165) is 29.0 Å². The molecule has 2 aromatic heterocycles. The topological polar surface area (TPSA) is 29.0 Å². The second-order valence-corrected chi connectivity index (χ2v) is 9.43. The Morgan fingerprint density at radius 2 is 1.93 bits per heavy atom. The number of thiazole rings is 1. The normalized spacial score (nSPS) is 25.8. The van der Waals surface area contributed by atoms with E-state index in [9.17, 15) is 0 Å². The molecule has 5 rings (SSSR count). The predicted molar refractivity (Wildman–Crippen MR) is 113 cm³/mol. The molecule has 27 heavy (non-hydrogen) atoms. The minimum atomic E-state index is 0.659. The Kier molecular flexibility index (Phi) is 4.29. The second-order valence-electron chi connectivity index (χ2n) is 8.37. The Hall–Kier alpha value is -1.78. The van der Waals surface area contributed by atoms with Crippen LogP contribution in [0.15, 0.2) is 30.3 Å². The summed E-state index contributed by atoms with van der Waals surface area (Å²) in [6.45, 7) is 7.83. The highest BCUT2D eigenvalue weighted by molar-refractivity contribution is 7.18. The Labute approximate surface area is 165 Å². The number of hydrogen-bond acceptors (Lipinski definition) is 4. The summed E-state index contributed by atoms with van der Waals surface area (Å²) in [6.07, 6.45) is 5.33. The van der Waals surface area contributed by atoms with E-state index in [1.54, 1.807) is 0 Å². The lowest BCUT2D eigenvalue weighted by Gasteiger charge is -2.42. The van der Waals surface area contributed by atoms with Crippen LogP contribution in [0.2, 0.25) is 0 Å². The molecule has 0 amide bonds. The standard InChI is InChI=1S/C23H27N3S/c1-14-6-8-20(16(3)24-14)17-7-9-21-22(13-17)27-23(25-21)18-11-19(12-18)26-10-4-5-15(26)2/h6-9,13,15,18-19H,4-5,10-12H2,1-3H3/t15-,18?,19?/m0/s1. The van der Waals surface area contributed by atoms with Gasteiger partial charge in [0.1, 0.15) is 0 Å². The zero-order chi connectivity index (χ0) is 18.5. The van der Waals surface area contributed by atoms with Gasteiger partial charge in [0.05, 0.1) is 15.2 Å². The zero-order valence-electron chi connectivity index (χ0n) is 16.4. The number of hydrogen-bond donors (Lipinski definition) is 0. The van der Waals surface area contributed by atoms with Gasteiger partial charge < -0.3 is 0 Å². The molecule has 1 aliphatic heterocycles. The molecule has 140 valence electrons. The predicted octanol–water partition coefficient (Wildman–Crippen LogP) is 5.71. The molecule has 1 saturated heterocycles. The van der Waals surface area contributed by atoms with Crippen molar-refractivity contribution in [2.24, 2.45) is 0 Å². The molecule has 4 heteroatoms. The highest BCUT2D eigenvalue weighted by Gasteiger charge is 2.39. The average molecular weight is 378 g/mol. The van der Waals surface area contributed by atoms with E-state index in [1.165, 1.54) is 53.1 Å². The summed E-state index contributed by atoms with van der Waals surface area (Å²) in [5.74, 6) is 0.659. The van der Waals surface area contributed by atoms with Crippen LogP contribution in [0.3, 0.4) is 0 Å². The van der Waals surface area contributed by atoms with E-state index >= 15 is 0 Å². The van der Waals surface area contributed by atoms with Crippen molar-refractivity contribution in [1.29, 1.82) is 0 Å². The highest BCUT2D eigenvalue weighted by atomic mass is 32.1. The van der Waals surface area contributed by atoms with Crippen molar-refractivity contribution >= 4 is 21.6 Å². The van der Waals surface area contributed by atoms with Crippen LogP contribution in [0.4, 0.5) is 0 Å². The number of nitrogens with zero attached hydrogens (tertiary/aromatic N) is 3. The lowest BCUT2D eigenvalue weighted by atomic mass is 9.79. The third kappa shape index (κ3) is 3.09. The van der Waals surface area contributed by atoms with Crippen molar-refractivity contribution in [3.8, 4) is 11.1 Å². The lowest BCUT2D eigenvalue weighted by Crippen LogP contribution is -2.45. The highest BCUT2D eigenvalue weighted by Crippen LogP contribution is 2.44. The number of aryl methyl sites for hydroxylation is 2. The van der Waals surface area contributed by atoms with Gasteiger partial charge in [0.15, 0.2) is 0 Å². The Morgan fingerprint density at radius 1 is 1.07 bits per heavy atom. The molecule has 0 spiro atoms. The van der Waals surface area contributed by atoms with Gasteiger partial charge in [-0.25, -0.2) is 4.98 Å². The maximum Gasteiger partial charge on any atom is 0.0970 e. The number of fused-ring (bicyclic) bond motifs is 1. The maximum atomic E-state index is 4.97. The van der Waals surface area contributed by atoms with E-state index in [2.05, 4.69) is 54.1 Å². The molecule has 2 aliphatic rings. The minimum absolute atomic E-state index is 0.659. The van der Waals surface area contributed by atoms with Crippen molar-refractivity contribution in [2.45, 2.75) is 64.5 Å². The summed E-state index contributed by atoms with van der Waals surface area (Å²) in [5.41, 5.74) is 5.80. The molecule has 0 radical (unpaired) electrons. The molecule has 3 heterocycles. The van der Waals surface area contributed by atoms with E-state index < -0.39 is 0 Å². The second kappa shape index (κ2) is 6.68. The Bertz CT molecular complexity index is 986. The lowest BCUT2D eigenvalue weighted by molar-refractivity contribution is 0.103. The van der Waals surface area contributed by atoms with Gasteiger partial charge in [-0.15, -0.1) is 11.3 Å². The first-order valence-electron chi connectivity index (χ1n) is 10.2. The van der Waals surface area contributed by atoms with Crippen LogP contribution < -0.4 is 0 Å². The summed E-state index contributed by atoms with van der Waals surface area (Å²) in [7, 11) is 0. The number of pyridine rings is 1. The fraction of sp³-hybridized carbons (Fsp3) is 0.478. The first-order chi connectivity index (χ1) is 13.1. The van der Waals surface area contributed by atoms with Crippen LogP contribution in [0.1, 0.15) is 54.9 Å². The molecule has 3 aromatic rings. The van der Waals surface area contributed by atoms with Gasteiger partial charge in [-0.3, -0.25) is 9.88 Å². The van der Waals surface area contributed by atoms with Crippen molar-refractivity contribution in [3.63, 3.8) is 0 Å².